The number of hydrogen-bond donors (Lipinski definition) is 1. The second-order valence-corrected chi connectivity index (χ2v) is 25.8. The van der Waals surface area contributed by atoms with Crippen LogP contribution in [0, 0.1) is 12.7 Å². The minimum absolute atomic E-state index is 0.0479. The van der Waals surface area contributed by atoms with Gasteiger partial charge in [0.25, 0.3) is 5.91 Å². The lowest BCUT2D eigenvalue weighted by Gasteiger charge is -2.40. The number of anilines is 2. The molecule has 3 aromatic heterocycles. The lowest BCUT2D eigenvalue weighted by molar-refractivity contribution is -0.120. The number of aryl methyl sites for hydroxylation is 1. The van der Waals surface area contributed by atoms with Crippen LogP contribution in [-0.2, 0) is 39.2 Å². The molecule has 1 aliphatic carbocycles. The molecule has 6 aliphatic heterocycles. The van der Waals surface area contributed by atoms with Crippen LogP contribution in [0.1, 0.15) is 130 Å². The van der Waals surface area contributed by atoms with Gasteiger partial charge < -0.3 is 38.4 Å². The summed E-state index contributed by atoms with van der Waals surface area (Å²) in [7, 11) is 1.85. The van der Waals surface area contributed by atoms with E-state index >= 15 is 4.39 Å². The van der Waals surface area contributed by atoms with Crippen molar-refractivity contribution >= 4 is 68.3 Å². The van der Waals surface area contributed by atoms with Gasteiger partial charge in [-0.2, -0.15) is 20.2 Å². The van der Waals surface area contributed by atoms with Crippen LogP contribution in [-0.4, -0.2) is 157 Å². The number of imide groups is 1. The van der Waals surface area contributed by atoms with Crippen LogP contribution >= 0.6 is 0 Å². The predicted molar refractivity (Wildman–Crippen MR) is 323 cm³/mol. The van der Waals surface area contributed by atoms with E-state index in [-0.39, 0.29) is 85.7 Å². The van der Waals surface area contributed by atoms with Crippen molar-refractivity contribution in [3.8, 4) is 22.9 Å². The van der Waals surface area contributed by atoms with Gasteiger partial charge in [0.2, 0.25) is 5.91 Å². The molecule has 1 N–H and O–H groups in total. The van der Waals surface area contributed by atoms with Crippen molar-refractivity contribution in [3.05, 3.63) is 94.4 Å². The Balaban J connectivity index is 0.776. The average Bonchev–Trinajstić information content (AvgIpc) is 1.99. The van der Waals surface area contributed by atoms with Gasteiger partial charge in [-0.1, -0.05) is 18.2 Å². The number of piperazine rings is 2. The van der Waals surface area contributed by atoms with Crippen molar-refractivity contribution in [1.82, 2.24) is 49.5 Å². The molecule has 7 aromatic rings. The van der Waals surface area contributed by atoms with Crippen LogP contribution in [0.3, 0.4) is 0 Å². The van der Waals surface area contributed by atoms with Gasteiger partial charge in [0.1, 0.15) is 35.5 Å². The maximum atomic E-state index is 16.9. The highest BCUT2D eigenvalue weighted by Crippen LogP contribution is 2.54. The number of amides is 5. The fraction of sp³-hybridized carbons (Fsp3) is 0.508. The fourth-order valence-electron chi connectivity index (χ4n) is 13.9. The molecular weight excluding hydrogens is 1110 g/mol. The standard InChI is InChI=1S/C65H75FN12O9/c1-37-32-73(33-40-12-17-46-51(27-40)72(6)71-60(46)75-21-18-53(79)68-63(75)81)22-23-74(37)61(80)42-13-10-39(11-14-42)36-85-58-56(55-38(2)50(66)30-52-49(55)31-67-78(52)54-9-7-8-24-84-54)47(41-15-16-41)29-48-57(58)69-62(86-45-19-25-83-26-20-45)70-59(48)76-34-44-28-43(76)35-77(44)64(82)87-65(3,4)5/h10-14,17,27,29-31,37,41,43-45,54H,7-9,15-16,18-26,28,32-36H2,1-6H3,(H,68,79,81)/t37-,43+,44+,54?/m1/s1. The van der Waals surface area contributed by atoms with Crippen LogP contribution in [0.15, 0.2) is 60.8 Å². The van der Waals surface area contributed by atoms with E-state index in [2.05, 4.69) is 45.3 Å². The molecule has 7 fully saturated rings. The smallest absolute Gasteiger partial charge is 0.410 e. The van der Waals surface area contributed by atoms with Crippen LogP contribution in [0.4, 0.5) is 25.6 Å². The number of hydrogen-bond acceptors (Lipinski definition) is 15. The SMILES string of the molecule is Cc1c(F)cc2c(cnn2C2CCCCO2)c1-c1c(C2CC2)cc2c(N3C[C@@H]4C[C@H]3CN4C(=O)OC(C)(C)C)nc(OC3CCOCC3)nc2c1OCc1ccc(C(=O)N2CCN(Cc3ccc4c(N5CCC(=O)NC5=O)nn(C)c4c3)C[C@H]2C)cc1. The van der Waals surface area contributed by atoms with Crippen LogP contribution in [0.5, 0.6) is 11.8 Å². The molecule has 14 rings (SSSR count). The zero-order chi connectivity index (χ0) is 60.0. The van der Waals surface area contributed by atoms with Gasteiger partial charge in [-0.25, -0.2) is 18.7 Å². The number of ether oxygens (including phenoxy) is 5. The first-order valence-electron chi connectivity index (χ1n) is 31.0. The number of nitrogens with zero attached hydrogens (tertiary/aromatic N) is 11. The van der Waals surface area contributed by atoms with Gasteiger partial charge >= 0.3 is 18.1 Å². The topological polar surface area (TPSA) is 204 Å². The van der Waals surface area contributed by atoms with Crippen LogP contribution in [0.25, 0.3) is 43.8 Å². The molecule has 22 heteroatoms. The van der Waals surface area contributed by atoms with E-state index in [4.69, 9.17) is 38.8 Å². The summed E-state index contributed by atoms with van der Waals surface area (Å²) in [5.74, 6) is 1.14. The minimum atomic E-state index is -0.633. The maximum absolute atomic E-state index is 16.9. The Labute approximate surface area is 503 Å². The molecule has 4 atom stereocenters. The first-order chi connectivity index (χ1) is 42.0. The van der Waals surface area contributed by atoms with Gasteiger partial charge in [0.15, 0.2) is 17.8 Å². The Morgan fingerprint density at radius 3 is 2.34 bits per heavy atom. The number of urea groups is 1. The number of rotatable bonds is 13. The van der Waals surface area contributed by atoms with E-state index in [0.29, 0.717) is 117 Å². The van der Waals surface area contributed by atoms with Crippen molar-refractivity contribution in [2.45, 2.75) is 148 Å². The maximum Gasteiger partial charge on any atom is 0.410 e. The summed E-state index contributed by atoms with van der Waals surface area (Å²) in [6.07, 6.45) is 7.92. The Bertz CT molecular complexity index is 3870. The van der Waals surface area contributed by atoms with Crippen LogP contribution in [0.2, 0.25) is 0 Å². The summed E-state index contributed by atoms with van der Waals surface area (Å²) >= 11 is 0. The highest BCUT2D eigenvalue weighted by molar-refractivity contribution is 6.09. The molecule has 1 saturated carbocycles. The van der Waals surface area contributed by atoms with E-state index in [1.54, 1.807) is 10.7 Å². The molecule has 21 nitrogen and oxygen atoms in total. The lowest BCUT2D eigenvalue weighted by atomic mass is 9.88. The van der Waals surface area contributed by atoms with Gasteiger partial charge in [0, 0.05) is 124 Å². The van der Waals surface area contributed by atoms with E-state index in [9.17, 15) is 19.2 Å². The molecule has 456 valence electrons. The van der Waals surface area contributed by atoms with Gasteiger partial charge in [-0.3, -0.25) is 29.4 Å². The summed E-state index contributed by atoms with van der Waals surface area (Å²) < 4.78 is 52.4. The summed E-state index contributed by atoms with van der Waals surface area (Å²) in [5.41, 5.74) is 6.82. The zero-order valence-electron chi connectivity index (χ0n) is 50.4. The monoisotopic (exact) mass is 1190 g/mol. The zero-order valence-corrected chi connectivity index (χ0v) is 50.4. The fourth-order valence-corrected chi connectivity index (χ4v) is 13.9. The molecule has 2 bridgehead atoms. The second-order valence-electron chi connectivity index (χ2n) is 25.8. The molecular formula is C65H75FN12O9. The number of aromatic nitrogens is 6. The number of likely N-dealkylation sites (tertiary alicyclic amines) is 1. The van der Waals surface area contributed by atoms with Crippen molar-refractivity contribution < 1.29 is 47.3 Å². The molecule has 7 aliphatic rings. The van der Waals surface area contributed by atoms with E-state index in [0.717, 1.165) is 82.5 Å². The molecule has 0 radical (unpaired) electrons. The van der Waals surface area contributed by atoms with Crippen molar-refractivity contribution in [1.29, 1.82) is 0 Å². The number of benzene rings is 4. The Morgan fingerprint density at radius 2 is 1.62 bits per heavy atom. The van der Waals surface area contributed by atoms with Crippen LogP contribution < -0.4 is 24.6 Å². The third kappa shape index (κ3) is 10.9. The Morgan fingerprint density at radius 1 is 0.816 bits per heavy atom. The predicted octanol–water partition coefficient (Wildman–Crippen LogP) is 9.68. The lowest BCUT2D eigenvalue weighted by Crippen LogP contribution is -2.53. The normalized spacial score (nSPS) is 22.3. The van der Waals surface area contributed by atoms with Crippen molar-refractivity contribution in [2.24, 2.45) is 7.05 Å². The quantitative estimate of drug-likeness (QED) is 0.114. The number of nitrogens with one attached hydrogen (secondary N) is 1. The highest BCUT2D eigenvalue weighted by Gasteiger charge is 2.48. The number of carbonyl (C=O) groups is 4. The third-order valence-corrected chi connectivity index (χ3v) is 18.5. The van der Waals surface area contributed by atoms with Gasteiger partial charge in [0.05, 0.1) is 42.5 Å². The molecule has 9 heterocycles. The average molecular weight is 1190 g/mol. The number of fused-ring (bicyclic) bond motifs is 5. The van der Waals surface area contributed by atoms with Crippen molar-refractivity contribution in [2.75, 3.05) is 68.9 Å². The molecule has 4 aromatic carbocycles. The first kappa shape index (κ1) is 56.8. The van der Waals surface area contributed by atoms with Crippen molar-refractivity contribution in [3.63, 3.8) is 0 Å². The Hall–Kier alpha value is -7.95. The summed E-state index contributed by atoms with van der Waals surface area (Å²) in [5, 5.41) is 14.4. The number of carbonyl (C=O) groups excluding carboxylic acids is 4. The minimum Gasteiger partial charge on any atom is -0.486 e. The summed E-state index contributed by atoms with van der Waals surface area (Å²) in [4.78, 5) is 73.1. The first-order valence-corrected chi connectivity index (χ1v) is 31.0. The van der Waals surface area contributed by atoms with E-state index < -0.39 is 11.6 Å². The summed E-state index contributed by atoms with van der Waals surface area (Å²) in [6.45, 7) is 15.2. The van der Waals surface area contributed by atoms with E-state index in [1.807, 2.05) is 85.8 Å². The molecule has 5 amide bonds. The molecule has 6 saturated heterocycles. The Kier molecular flexibility index (Phi) is 14.8. The second kappa shape index (κ2) is 22.6. The molecule has 87 heavy (non-hydrogen) atoms. The number of halogens is 1. The largest absolute Gasteiger partial charge is 0.486 e. The van der Waals surface area contributed by atoms with E-state index in [1.165, 1.54) is 4.90 Å². The van der Waals surface area contributed by atoms with Gasteiger partial charge in [-0.05, 0) is 132 Å². The highest BCUT2D eigenvalue weighted by atomic mass is 19.1. The molecule has 0 spiro atoms. The molecule has 1 unspecified atom stereocenters. The summed E-state index contributed by atoms with van der Waals surface area (Å²) in [6, 6.07) is 17.1. The third-order valence-electron chi connectivity index (χ3n) is 18.5. The van der Waals surface area contributed by atoms with Gasteiger partial charge in [-0.15, -0.1) is 0 Å².